The Balaban J connectivity index is -0.000000223. The zero-order valence-electron chi connectivity index (χ0n) is 83.5. The van der Waals surface area contributed by atoms with Crippen molar-refractivity contribution in [2.45, 2.75) is 326 Å². The van der Waals surface area contributed by atoms with E-state index in [-0.39, 0.29) is 0 Å². The number of rotatable bonds is 56. The van der Waals surface area contributed by atoms with E-state index in [0.717, 1.165) is 30.7 Å². The lowest BCUT2D eigenvalue weighted by Crippen LogP contribution is -3.08. The molecule has 0 heterocycles. The first-order chi connectivity index (χ1) is 54.1. The van der Waals surface area contributed by atoms with Crippen molar-refractivity contribution in [1.82, 2.24) is 0 Å². The first kappa shape index (κ1) is 123. The van der Waals surface area contributed by atoms with Gasteiger partial charge in [-0.15, -0.1) is 0 Å². The van der Waals surface area contributed by atoms with Crippen LogP contribution in [0.2, 0.25) is 0 Å². The topological polar surface area (TPSA) is 22.2 Å². The van der Waals surface area contributed by atoms with Gasteiger partial charge in [0.1, 0.15) is 19.6 Å². The van der Waals surface area contributed by atoms with Crippen LogP contribution in [0, 0.1) is 0 Å². The SMILES string of the molecule is C=CC[N+](CC)(CC)CCCC.C=CC[NH+](C)CCCC.CCCC[N+](C)(C)Cc1ccccc1.CCCC[N+](CC)(CC)CC.CCCC[N+](CC)(CC)CCCC.CCCC[N+](CC)(CC)Cc1ccccc1.CCCC[NH+](C)C.CCCC[NH+](C)CC.CCCC[NH+](C)CCCC.CCCC[NH+](C)Cc1ccccc1. The molecule has 0 fully saturated rings. The number of quaternary nitrogens is 10. The van der Waals surface area contributed by atoms with E-state index in [9.17, 15) is 0 Å². The predicted octanol–water partition coefficient (Wildman–Crippen LogP) is 19.2. The molecule has 0 saturated carbocycles. The number of nitrogens with one attached hydrogen (secondary N) is 5. The Morgan fingerprint density at radius 3 is 0.841 bits per heavy atom. The second-order valence-electron chi connectivity index (χ2n) is 34.5. The smallest absolute Gasteiger partial charge is 0.104 e. The maximum absolute atomic E-state index is 3.83. The van der Waals surface area contributed by atoms with Crippen LogP contribution in [0.25, 0.3) is 0 Å². The Kier molecular flexibility index (Phi) is 97.4. The molecular weight excluding hydrogens is 1380 g/mol. The fraction of sp³-hybridized carbons (Fsp3) is 0.786. The molecule has 5 N–H and O–H groups in total. The molecule has 670 valence electrons. The fourth-order valence-corrected chi connectivity index (χ4v) is 13.9. The van der Waals surface area contributed by atoms with Crippen molar-refractivity contribution in [1.29, 1.82) is 0 Å². The van der Waals surface area contributed by atoms with Crippen LogP contribution >= 0.6 is 0 Å². The Hall–Kier alpha value is -3.26. The summed E-state index contributed by atoms with van der Waals surface area (Å²) in [7, 11) is 18.0. The van der Waals surface area contributed by atoms with Gasteiger partial charge in [-0.05, 0) is 158 Å². The highest BCUT2D eigenvalue weighted by molar-refractivity contribution is 5.15. The summed E-state index contributed by atoms with van der Waals surface area (Å²) in [5.74, 6) is 0. The van der Waals surface area contributed by atoms with Crippen LogP contribution in [0.3, 0.4) is 0 Å². The highest BCUT2D eigenvalue weighted by atomic mass is 15.4. The third kappa shape index (κ3) is 79.6. The van der Waals surface area contributed by atoms with Gasteiger partial charge in [0.2, 0.25) is 0 Å². The van der Waals surface area contributed by atoms with E-state index in [2.05, 4.69) is 319 Å². The molecule has 0 saturated heterocycles. The molecule has 0 aliphatic rings. The van der Waals surface area contributed by atoms with Crippen molar-refractivity contribution in [3.8, 4) is 0 Å². The van der Waals surface area contributed by atoms with Gasteiger partial charge in [0.25, 0.3) is 0 Å². The first-order valence-corrected chi connectivity index (χ1v) is 48.8. The van der Waals surface area contributed by atoms with Crippen LogP contribution in [0.1, 0.15) is 323 Å². The highest BCUT2D eigenvalue weighted by Gasteiger charge is 2.24. The van der Waals surface area contributed by atoms with Gasteiger partial charge in [-0.25, -0.2) is 0 Å². The lowest BCUT2D eigenvalue weighted by atomic mass is 10.1. The molecule has 0 aliphatic heterocycles. The molecule has 10 nitrogen and oxygen atoms in total. The Labute approximate surface area is 715 Å². The number of hydrogen-bond acceptors (Lipinski definition) is 0. The van der Waals surface area contributed by atoms with Crippen molar-refractivity contribution in [3.05, 3.63) is 133 Å². The summed E-state index contributed by atoms with van der Waals surface area (Å²) < 4.78 is 6.21. The maximum atomic E-state index is 3.83. The van der Waals surface area contributed by atoms with Crippen molar-refractivity contribution >= 4 is 0 Å². The predicted molar refractivity (Wildman–Crippen MR) is 517 cm³/mol. The Bertz CT molecular complexity index is 2220. The van der Waals surface area contributed by atoms with Gasteiger partial charge < -0.3 is 46.9 Å². The normalized spacial score (nSPS) is 12.0. The molecule has 3 aromatic carbocycles. The molecule has 0 bridgehead atoms. The summed E-state index contributed by atoms with van der Waals surface area (Å²) in [6, 6.07) is 32.4. The molecule has 0 amide bonds. The molecule has 10 heteroatoms. The molecule has 113 heavy (non-hydrogen) atoms. The summed E-state index contributed by atoms with van der Waals surface area (Å²) in [5, 5.41) is 0. The molecule has 0 aromatic heterocycles. The molecule has 3 aromatic rings. The Morgan fingerprint density at radius 2 is 0.540 bits per heavy atom. The van der Waals surface area contributed by atoms with Crippen molar-refractivity contribution < 1.29 is 46.9 Å². The molecule has 0 aliphatic carbocycles. The lowest BCUT2D eigenvalue weighted by molar-refractivity contribution is -0.938. The van der Waals surface area contributed by atoms with E-state index in [1.807, 2.05) is 6.08 Å². The zero-order valence-corrected chi connectivity index (χ0v) is 83.5. The third-order valence-electron chi connectivity index (χ3n) is 23.7. The van der Waals surface area contributed by atoms with Crippen LogP contribution < -0.4 is 24.5 Å². The summed E-state index contributed by atoms with van der Waals surface area (Å²) in [6.07, 6.45) is 36.2. The van der Waals surface area contributed by atoms with E-state index < -0.39 is 0 Å². The standard InChI is InChI=1S/C15H26N.C13H22N.C12H19N.C12H28N.C11H24N.C10H24N.C9H21N.C8H17N.C7H17N.C6H15N/c1-4-7-13-16(5-2,6-3)14-15-11-9-8-10-12-15;1-4-5-11-14(2,3)12-13-9-7-6-8-10-13;1-3-4-10-13(2)11-12-8-6-5-7-9-12;1-5-9-11-13(7-3,8-4)12-10-6-2;1-5-9-11-12(7-3,8-4)10-6-2;1-5-9-10-11(6-2,7-3)8-4;1-4-6-8-10(3)9-7-5-2;1-4-6-8-9(3)7-5-2;1-4-6-7-8(3)5-2;1-4-5-6-7(2)3/h8-12H,4-7,13-14H2,1-3H3;6-10H,4-5,11-12H2,1-3H3;5-9H,3-4,10-11H2,1-2H3;5-12H2,1-4H3;6H,2,5,7-11H2,1,3-4H3;5-10H2,1-4H3;4-9H2,1-3H3;5H,2,4,6-8H2,1,3H3;4-7H2,1-3H3;4-6H2,1-3H3/q2*+1;;3*+1;;;;/p+5. The number of hydrogen-bond donors (Lipinski definition) is 5. The van der Waals surface area contributed by atoms with Gasteiger partial charge in [-0.2, -0.15) is 0 Å². The van der Waals surface area contributed by atoms with Gasteiger partial charge in [0.05, 0.1) is 213 Å². The van der Waals surface area contributed by atoms with Crippen LogP contribution in [0.4, 0.5) is 0 Å². The van der Waals surface area contributed by atoms with Crippen LogP contribution in [-0.4, -0.2) is 236 Å². The van der Waals surface area contributed by atoms with E-state index in [1.54, 1.807) is 24.5 Å². The molecular formula is C103H218N10+10. The first-order valence-electron chi connectivity index (χ1n) is 48.8. The second-order valence-corrected chi connectivity index (χ2v) is 34.5. The molecule has 3 rings (SSSR count). The number of unbranched alkanes of at least 4 members (excludes halogenated alkanes) is 12. The minimum atomic E-state index is 1.10. The minimum Gasteiger partial charge on any atom is -0.340 e. The molecule has 3 unspecified atom stereocenters. The fourth-order valence-electron chi connectivity index (χ4n) is 13.9. The summed E-state index contributed by atoms with van der Waals surface area (Å²) in [4.78, 5) is 8.07. The largest absolute Gasteiger partial charge is 0.340 e. The molecule has 0 radical (unpaired) electrons. The van der Waals surface area contributed by atoms with Gasteiger partial charge in [0.15, 0.2) is 0 Å². The maximum Gasteiger partial charge on any atom is 0.104 e. The van der Waals surface area contributed by atoms with Crippen LogP contribution in [-0.2, 0) is 19.6 Å². The number of likely N-dealkylation sites (N-methyl/N-ethyl adjacent to an activating group) is 2. The zero-order chi connectivity index (χ0) is 87.2. The van der Waals surface area contributed by atoms with Gasteiger partial charge >= 0.3 is 0 Å². The van der Waals surface area contributed by atoms with E-state index >= 15 is 0 Å². The summed E-state index contributed by atoms with van der Waals surface area (Å²) in [5.41, 5.74) is 4.35. The van der Waals surface area contributed by atoms with E-state index in [4.69, 9.17) is 0 Å². The average Bonchev–Trinajstić information content (AvgIpc) is 0.957. The second kappa shape index (κ2) is 89.5. The number of nitrogens with zero attached hydrogens (tertiary/aromatic N) is 5. The summed E-state index contributed by atoms with van der Waals surface area (Å²) in [6.45, 7) is 92.1. The average molecular weight is 1600 g/mol. The highest BCUT2D eigenvalue weighted by Crippen LogP contribution is 2.17. The minimum absolute atomic E-state index is 1.10. The van der Waals surface area contributed by atoms with Crippen molar-refractivity contribution in [3.63, 3.8) is 0 Å². The number of benzene rings is 3. The molecule has 3 atom stereocenters. The van der Waals surface area contributed by atoms with Gasteiger partial charge in [-0.1, -0.05) is 264 Å². The van der Waals surface area contributed by atoms with Crippen molar-refractivity contribution in [2.75, 3.05) is 213 Å². The summed E-state index contributed by atoms with van der Waals surface area (Å²) >= 11 is 0. The lowest BCUT2D eigenvalue weighted by Gasteiger charge is -2.37. The monoisotopic (exact) mass is 1600 g/mol. The van der Waals surface area contributed by atoms with Crippen molar-refractivity contribution in [2.24, 2.45) is 0 Å². The van der Waals surface area contributed by atoms with Crippen LogP contribution in [0.5, 0.6) is 0 Å². The van der Waals surface area contributed by atoms with Gasteiger partial charge in [0, 0.05) is 16.7 Å². The van der Waals surface area contributed by atoms with Gasteiger partial charge in [-0.3, -0.25) is 0 Å². The van der Waals surface area contributed by atoms with Crippen LogP contribution in [0.15, 0.2) is 116 Å². The Morgan fingerprint density at radius 1 is 0.265 bits per heavy atom. The quantitative estimate of drug-likeness (QED) is 0.0275. The van der Waals surface area contributed by atoms with E-state index in [0.29, 0.717) is 0 Å². The molecule has 0 spiro atoms. The van der Waals surface area contributed by atoms with E-state index in [1.165, 1.54) is 339 Å². The third-order valence-corrected chi connectivity index (χ3v) is 23.7.